The summed E-state index contributed by atoms with van der Waals surface area (Å²) in [6.45, 7) is 1.95. The van der Waals surface area contributed by atoms with Crippen molar-refractivity contribution in [2.75, 3.05) is 6.54 Å². The number of nitrogens with two attached hydrogens (primary N) is 1. The molecule has 3 atom stereocenters. The van der Waals surface area contributed by atoms with Crippen LogP contribution < -0.4 is 5.73 Å². The van der Waals surface area contributed by atoms with E-state index in [1.807, 2.05) is 0 Å². The molecule has 2 nitrogen and oxygen atoms in total. The quantitative estimate of drug-likeness (QED) is 0.902. The highest BCUT2D eigenvalue weighted by atomic mass is 15.0. The van der Waals surface area contributed by atoms with Crippen molar-refractivity contribution in [3.63, 3.8) is 0 Å². The summed E-state index contributed by atoms with van der Waals surface area (Å²) in [4.78, 5) is 0. The molecule has 2 bridgehead atoms. The van der Waals surface area contributed by atoms with Gasteiger partial charge in [0.15, 0.2) is 0 Å². The fourth-order valence-electron chi connectivity index (χ4n) is 4.70. The second-order valence-electron chi connectivity index (χ2n) is 6.80. The second kappa shape index (κ2) is 4.92. The number of hydrogen-bond donors (Lipinski definition) is 1. The molecule has 2 aromatic rings. The zero-order chi connectivity index (χ0) is 13.5. The Hall–Kier alpha value is -1.28. The van der Waals surface area contributed by atoms with Crippen LogP contribution >= 0.6 is 0 Å². The van der Waals surface area contributed by atoms with Gasteiger partial charge in [-0.1, -0.05) is 24.6 Å². The van der Waals surface area contributed by atoms with Crippen LogP contribution in [0.25, 0.3) is 10.9 Å². The lowest BCUT2D eigenvalue weighted by molar-refractivity contribution is 0.299. The van der Waals surface area contributed by atoms with E-state index in [0.29, 0.717) is 0 Å². The SMILES string of the molecule is NCCc1cccc2ccn(CC3CC4CCC3C4)c12. The maximum absolute atomic E-state index is 5.77. The Morgan fingerprint density at radius 2 is 2.10 bits per heavy atom. The average Bonchev–Trinajstić information content (AvgIpc) is 3.15. The van der Waals surface area contributed by atoms with E-state index in [1.54, 1.807) is 0 Å². The Morgan fingerprint density at radius 1 is 1.15 bits per heavy atom. The zero-order valence-corrected chi connectivity index (χ0v) is 12.1. The van der Waals surface area contributed by atoms with Gasteiger partial charge in [0, 0.05) is 12.7 Å². The largest absolute Gasteiger partial charge is 0.347 e. The van der Waals surface area contributed by atoms with Crippen LogP contribution in [-0.2, 0) is 13.0 Å². The molecule has 2 heteroatoms. The fraction of sp³-hybridized carbons (Fsp3) is 0.556. The Kier molecular flexibility index (Phi) is 3.07. The lowest BCUT2D eigenvalue weighted by Gasteiger charge is -2.23. The summed E-state index contributed by atoms with van der Waals surface area (Å²) in [5.74, 6) is 2.95. The number of para-hydroxylation sites is 1. The molecule has 2 aliphatic rings. The molecule has 20 heavy (non-hydrogen) atoms. The maximum atomic E-state index is 5.77. The molecular formula is C18H24N2. The van der Waals surface area contributed by atoms with Gasteiger partial charge >= 0.3 is 0 Å². The van der Waals surface area contributed by atoms with E-state index >= 15 is 0 Å². The molecule has 2 N–H and O–H groups in total. The van der Waals surface area contributed by atoms with Gasteiger partial charge in [-0.2, -0.15) is 0 Å². The average molecular weight is 268 g/mol. The highest BCUT2D eigenvalue weighted by Gasteiger charge is 2.39. The van der Waals surface area contributed by atoms with Gasteiger partial charge in [0.1, 0.15) is 0 Å². The van der Waals surface area contributed by atoms with Gasteiger partial charge in [-0.3, -0.25) is 0 Å². The van der Waals surface area contributed by atoms with E-state index in [9.17, 15) is 0 Å². The molecular weight excluding hydrogens is 244 g/mol. The summed E-state index contributed by atoms with van der Waals surface area (Å²) in [6, 6.07) is 8.90. The van der Waals surface area contributed by atoms with Gasteiger partial charge < -0.3 is 10.3 Å². The smallest absolute Gasteiger partial charge is 0.0513 e. The van der Waals surface area contributed by atoms with Gasteiger partial charge in [-0.05, 0) is 67.0 Å². The van der Waals surface area contributed by atoms with Gasteiger partial charge in [0.25, 0.3) is 0 Å². The minimum absolute atomic E-state index is 0.735. The molecule has 0 spiro atoms. The van der Waals surface area contributed by atoms with E-state index < -0.39 is 0 Å². The van der Waals surface area contributed by atoms with Crippen LogP contribution in [0.15, 0.2) is 30.5 Å². The Bertz CT molecular complexity index is 613. The Labute approximate surface area is 121 Å². The van der Waals surface area contributed by atoms with Gasteiger partial charge in [0.2, 0.25) is 0 Å². The molecule has 106 valence electrons. The number of benzene rings is 1. The van der Waals surface area contributed by atoms with Crippen LogP contribution in [0.1, 0.15) is 31.2 Å². The molecule has 1 aromatic heterocycles. The van der Waals surface area contributed by atoms with Crippen molar-refractivity contribution >= 4 is 10.9 Å². The molecule has 1 aromatic carbocycles. The first-order valence-corrected chi connectivity index (χ1v) is 8.12. The zero-order valence-electron chi connectivity index (χ0n) is 12.1. The lowest BCUT2D eigenvalue weighted by Crippen LogP contribution is -2.17. The third kappa shape index (κ3) is 1.98. The molecule has 0 amide bonds. The molecule has 1 heterocycles. The van der Waals surface area contributed by atoms with E-state index in [2.05, 4.69) is 35.0 Å². The van der Waals surface area contributed by atoms with Crippen molar-refractivity contribution in [1.29, 1.82) is 0 Å². The van der Waals surface area contributed by atoms with E-state index in [1.165, 1.54) is 48.7 Å². The molecule has 4 rings (SSSR count). The van der Waals surface area contributed by atoms with E-state index in [4.69, 9.17) is 5.73 Å². The third-order valence-corrected chi connectivity index (χ3v) is 5.60. The molecule has 0 aliphatic heterocycles. The van der Waals surface area contributed by atoms with E-state index in [-0.39, 0.29) is 0 Å². The topological polar surface area (TPSA) is 30.9 Å². The minimum atomic E-state index is 0.735. The Morgan fingerprint density at radius 3 is 2.85 bits per heavy atom. The molecule has 0 radical (unpaired) electrons. The van der Waals surface area contributed by atoms with Crippen LogP contribution in [0.5, 0.6) is 0 Å². The van der Waals surface area contributed by atoms with Crippen molar-refractivity contribution in [3.05, 3.63) is 36.0 Å². The minimum Gasteiger partial charge on any atom is -0.347 e. The summed E-state index contributed by atoms with van der Waals surface area (Å²) in [5.41, 5.74) is 8.62. The van der Waals surface area contributed by atoms with Crippen molar-refractivity contribution in [3.8, 4) is 0 Å². The number of fused-ring (bicyclic) bond motifs is 3. The monoisotopic (exact) mass is 268 g/mol. The Balaban J connectivity index is 1.66. The first kappa shape index (κ1) is 12.5. The van der Waals surface area contributed by atoms with Gasteiger partial charge in [-0.15, -0.1) is 0 Å². The number of rotatable bonds is 4. The van der Waals surface area contributed by atoms with Gasteiger partial charge in [0.05, 0.1) is 5.52 Å². The summed E-state index contributed by atoms with van der Waals surface area (Å²) in [6.07, 6.45) is 9.20. The summed E-state index contributed by atoms with van der Waals surface area (Å²) < 4.78 is 2.51. The van der Waals surface area contributed by atoms with Crippen LogP contribution in [0.4, 0.5) is 0 Å². The van der Waals surface area contributed by atoms with Crippen molar-refractivity contribution in [2.24, 2.45) is 23.5 Å². The summed E-state index contributed by atoms with van der Waals surface area (Å²) in [7, 11) is 0. The van der Waals surface area contributed by atoms with Crippen LogP contribution in [0.3, 0.4) is 0 Å². The highest BCUT2D eigenvalue weighted by Crippen LogP contribution is 2.49. The first-order chi connectivity index (χ1) is 9.85. The predicted molar refractivity (Wildman–Crippen MR) is 83.6 cm³/mol. The van der Waals surface area contributed by atoms with Gasteiger partial charge in [-0.25, -0.2) is 0 Å². The molecule has 3 unspecified atom stereocenters. The molecule has 2 saturated carbocycles. The fourth-order valence-corrected chi connectivity index (χ4v) is 4.70. The lowest BCUT2D eigenvalue weighted by atomic mass is 9.89. The molecule has 2 fully saturated rings. The van der Waals surface area contributed by atoms with Crippen LogP contribution in [-0.4, -0.2) is 11.1 Å². The third-order valence-electron chi connectivity index (χ3n) is 5.60. The highest BCUT2D eigenvalue weighted by molar-refractivity contribution is 5.83. The summed E-state index contributed by atoms with van der Waals surface area (Å²) >= 11 is 0. The molecule has 2 aliphatic carbocycles. The standard InChI is InChI=1S/C18H24N2/c19-8-6-14-2-1-3-15-7-9-20(18(14)15)12-17-11-13-4-5-16(17)10-13/h1-3,7,9,13,16-17H,4-6,8,10-12,19H2. The predicted octanol–water partition coefficient (Wildman–Crippen LogP) is 3.58. The number of aromatic nitrogens is 1. The second-order valence-corrected chi connectivity index (χ2v) is 6.80. The van der Waals surface area contributed by atoms with Crippen LogP contribution in [0.2, 0.25) is 0 Å². The normalized spacial score (nSPS) is 28.6. The van der Waals surface area contributed by atoms with Crippen molar-refractivity contribution < 1.29 is 0 Å². The molecule has 0 saturated heterocycles. The summed E-state index contributed by atoms with van der Waals surface area (Å²) in [5, 5.41) is 1.37. The van der Waals surface area contributed by atoms with Crippen LogP contribution in [0, 0.1) is 17.8 Å². The number of hydrogen-bond acceptors (Lipinski definition) is 1. The van der Waals surface area contributed by atoms with Crippen molar-refractivity contribution in [2.45, 2.75) is 38.6 Å². The maximum Gasteiger partial charge on any atom is 0.0513 e. The first-order valence-electron chi connectivity index (χ1n) is 8.12. The van der Waals surface area contributed by atoms with E-state index in [0.717, 1.165) is 30.7 Å². The number of nitrogens with zero attached hydrogens (tertiary/aromatic N) is 1. The van der Waals surface area contributed by atoms with Crippen molar-refractivity contribution in [1.82, 2.24) is 4.57 Å².